The minimum absolute atomic E-state index is 0.0348. The number of alkyl halides is 1. The molecule has 2 heterocycles. The fourth-order valence-electron chi connectivity index (χ4n) is 3.27. The van der Waals surface area contributed by atoms with Gasteiger partial charge in [0.25, 0.3) is 0 Å². The predicted molar refractivity (Wildman–Crippen MR) is 111 cm³/mol. The minimum Gasteiger partial charge on any atom is -0.346 e. The number of amides is 1. The summed E-state index contributed by atoms with van der Waals surface area (Å²) in [7, 11) is -3.57. The summed E-state index contributed by atoms with van der Waals surface area (Å²) in [5, 5.41) is 0.909. The number of fused-ring (bicyclic) bond motifs is 1. The molecule has 152 valence electrons. The first-order valence-corrected chi connectivity index (χ1v) is 11.0. The van der Waals surface area contributed by atoms with Crippen LogP contribution in [0.3, 0.4) is 0 Å². The maximum absolute atomic E-state index is 12.2. The highest BCUT2D eigenvalue weighted by Gasteiger charge is 2.30. The lowest BCUT2D eigenvalue weighted by atomic mass is 10.0. The van der Waals surface area contributed by atoms with Crippen molar-refractivity contribution < 1.29 is 17.6 Å². The first-order valence-electron chi connectivity index (χ1n) is 9.39. The molecule has 0 atom stereocenters. The van der Waals surface area contributed by atoms with Gasteiger partial charge >= 0.3 is 0 Å². The summed E-state index contributed by atoms with van der Waals surface area (Å²) < 4.78 is 38.6. The molecule has 0 unspecified atom stereocenters. The highest BCUT2D eigenvalue weighted by molar-refractivity contribution is 7.92. The van der Waals surface area contributed by atoms with E-state index in [1.807, 2.05) is 12.1 Å². The summed E-state index contributed by atoms with van der Waals surface area (Å²) >= 11 is 0. The van der Waals surface area contributed by atoms with E-state index in [4.69, 9.17) is 0 Å². The molecule has 1 aromatic carbocycles. The van der Waals surface area contributed by atoms with Crippen molar-refractivity contribution in [3.8, 4) is 11.1 Å². The van der Waals surface area contributed by atoms with Gasteiger partial charge in [-0.05, 0) is 54.7 Å². The quantitative estimate of drug-likeness (QED) is 0.522. The first-order chi connectivity index (χ1) is 14.0. The van der Waals surface area contributed by atoms with Gasteiger partial charge in [0.2, 0.25) is 16.4 Å². The lowest BCUT2D eigenvalue weighted by molar-refractivity contribution is -0.107. The maximum Gasteiger partial charge on any atom is 0.232 e. The molecule has 0 radical (unpaired) electrons. The van der Waals surface area contributed by atoms with Crippen molar-refractivity contribution >= 4 is 39.0 Å². The van der Waals surface area contributed by atoms with Gasteiger partial charge in [0, 0.05) is 23.3 Å². The maximum atomic E-state index is 12.2. The molecule has 0 saturated heterocycles. The molecule has 2 N–H and O–H groups in total. The van der Waals surface area contributed by atoms with Gasteiger partial charge in [0.1, 0.15) is 11.5 Å². The number of carbonyl (C=O) groups is 1. The Labute approximate surface area is 168 Å². The van der Waals surface area contributed by atoms with E-state index in [-0.39, 0.29) is 18.2 Å². The lowest BCUT2D eigenvalue weighted by Gasteiger charge is -2.17. The highest BCUT2D eigenvalue weighted by atomic mass is 32.2. The number of aromatic nitrogens is 2. The Kier molecular flexibility index (Phi) is 5.23. The van der Waals surface area contributed by atoms with E-state index in [0.29, 0.717) is 17.2 Å². The number of benzene rings is 1. The SMILES string of the molecule is O=CN(c1cc(-c2ccc(NS(=O)(=O)CCCF)cc2)c2cc[nH]c2n1)C1CC1. The summed E-state index contributed by atoms with van der Waals surface area (Å²) in [5.41, 5.74) is 2.86. The Balaban J connectivity index is 1.65. The summed E-state index contributed by atoms with van der Waals surface area (Å²) in [5.74, 6) is 0.328. The fraction of sp³-hybridized carbons (Fsp3) is 0.300. The van der Waals surface area contributed by atoms with Crippen LogP contribution in [0, 0.1) is 0 Å². The second-order valence-electron chi connectivity index (χ2n) is 7.05. The van der Waals surface area contributed by atoms with Gasteiger partial charge in [-0.1, -0.05) is 12.1 Å². The lowest BCUT2D eigenvalue weighted by Crippen LogP contribution is -2.24. The Morgan fingerprint density at radius 3 is 2.66 bits per heavy atom. The molecule has 1 saturated carbocycles. The van der Waals surface area contributed by atoms with Crippen LogP contribution in [-0.4, -0.2) is 43.3 Å². The van der Waals surface area contributed by atoms with Crippen LogP contribution >= 0.6 is 0 Å². The summed E-state index contributed by atoms with van der Waals surface area (Å²) in [6, 6.07) is 10.9. The van der Waals surface area contributed by atoms with E-state index in [1.54, 1.807) is 35.4 Å². The Morgan fingerprint density at radius 2 is 2.00 bits per heavy atom. The Morgan fingerprint density at radius 1 is 1.24 bits per heavy atom. The molecule has 0 aliphatic heterocycles. The number of pyridine rings is 1. The number of H-pyrrole nitrogens is 1. The van der Waals surface area contributed by atoms with Gasteiger partial charge in [-0.2, -0.15) is 0 Å². The van der Waals surface area contributed by atoms with Crippen LogP contribution in [0.4, 0.5) is 15.9 Å². The molecule has 0 bridgehead atoms. The van der Waals surface area contributed by atoms with E-state index < -0.39 is 16.7 Å². The average Bonchev–Trinajstić information content (AvgIpc) is 3.42. The van der Waals surface area contributed by atoms with Crippen molar-refractivity contribution in [3.05, 3.63) is 42.6 Å². The van der Waals surface area contributed by atoms with Crippen molar-refractivity contribution in [1.82, 2.24) is 9.97 Å². The third-order valence-electron chi connectivity index (χ3n) is 4.85. The van der Waals surface area contributed by atoms with Crippen LogP contribution in [0.25, 0.3) is 22.2 Å². The van der Waals surface area contributed by atoms with Gasteiger partial charge in [-0.3, -0.25) is 18.8 Å². The van der Waals surface area contributed by atoms with Crippen molar-refractivity contribution in [2.24, 2.45) is 0 Å². The standard InChI is InChI=1S/C20H21FN4O3S/c21-9-1-11-29(27,28)24-15-4-2-14(3-5-15)18-12-19(25(13-26)16-6-7-16)23-20-17(18)8-10-22-20/h2-5,8,10,12-13,16,24H,1,6-7,9,11H2,(H,22,23). The molecule has 9 heteroatoms. The molecule has 7 nitrogen and oxygen atoms in total. The molecular formula is C20H21FN4O3S. The normalized spacial score (nSPS) is 14.1. The van der Waals surface area contributed by atoms with Gasteiger partial charge in [0.05, 0.1) is 12.4 Å². The third-order valence-corrected chi connectivity index (χ3v) is 6.22. The second-order valence-corrected chi connectivity index (χ2v) is 8.89. The zero-order chi connectivity index (χ0) is 20.4. The number of anilines is 2. The van der Waals surface area contributed by atoms with Crippen molar-refractivity contribution in [3.63, 3.8) is 0 Å². The Hall–Kier alpha value is -2.94. The number of hydrogen-bond donors (Lipinski definition) is 2. The minimum atomic E-state index is -3.57. The van der Waals surface area contributed by atoms with Gasteiger partial charge in [0.15, 0.2) is 0 Å². The summed E-state index contributed by atoms with van der Waals surface area (Å²) in [6.45, 7) is -0.671. The zero-order valence-electron chi connectivity index (χ0n) is 15.6. The van der Waals surface area contributed by atoms with Crippen LogP contribution < -0.4 is 9.62 Å². The molecule has 2 aromatic heterocycles. The van der Waals surface area contributed by atoms with Crippen LogP contribution in [0.1, 0.15) is 19.3 Å². The topological polar surface area (TPSA) is 95.2 Å². The number of sulfonamides is 1. The fourth-order valence-corrected chi connectivity index (χ4v) is 4.35. The molecule has 1 aliphatic rings. The van der Waals surface area contributed by atoms with E-state index in [2.05, 4.69) is 14.7 Å². The number of hydrogen-bond acceptors (Lipinski definition) is 4. The largest absolute Gasteiger partial charge is 0.346 e. The molecule has 29 heavy (non-hydrogen) atoms. The molecule has 1 amide bonds. The smallest absolute Gasteiger partial charge is 0.232 e. The number of halogens is 1. The van der Waals surface area contributed by atoms with Crippen molar-refractivity contribution in [2.45, 2.75) is 25.3 Å². The van der Waals surface area contributed by atoms with E-state index in [1.165, 1.54) is 0 Å². The van der Waals surface area contributed by atoms with Crippen LogP contribution in [0.5, 0.6) is 0 Å². The summed E-state index contributed by atoms with van der Waals surface area (Å²) in [4.78, 5) is 20.9. The summed E-state index contributed by atoms with van der Waals surface area (Å²) in [6.07, 6.45) is 4.51. The third kappa shape index (κ3) is 4.24. The average molecular weight is 416 g/mol. The second kappa shape index (κ2) is 7.82. The number of carbonyl (C=O) groups excluding carboxylic acids is 1. The molecule has 1 aliphatic carbocycles. The first kappa shape index (κ1) is 19.4. The van der Waals surface area contributed by atoms with Crippen LogP contribution in [-0.2, 0) is 14.8 Å². The van der Waals surface area contributed by atoms with Gasteiger partial charge in [-0.25, -0.2) is 13.4 Å². The predicted octanol–water partition coefficient (Wildman–Crippen LogP) is 3.46. The van der Waals surface area contributed by atoms with Gasteiger partial charge in [-0.15, -0.1) is 0 Å². The number of nitrogens with one attached hydrogen (secondary N) is 2. The van der Waals surface area contributed by atoms with Crippen LogP contribution in [0.15, 0.2) is 42.6 Å². The molecule has 1 fully saturated rings. The van der Waals surface area contributed by atoms with Crippen molar-refractivity contribution in [1.29, 1.82) is 0 Å². The number of nitrogens with zero attached hydrogens (tertiary/aromatic N) is 2. The molecule has 3 aromatic rings. The monoisotopic (exact) mass is 416 g/mol. The van der Waals surface area contributed by atoms with E-state index in [0.717, 1.165) is 35.8 Å². The molecular weight excluding hydrogens is 395 g/mol. The highest BCUT2D eigenvalue weighted by Crippen LogP contribution is 2.35. The molecule has 0 spiro atoms. The Bertz CT molecular complexity index is 1120. The van der Waals surface area contributed by atoms with Crippen molar-refractivity contribution in [2.75, 3.05) is 22.0 Å². The van der Waals surface area contributed by atoms with E-state index in [9.17, 15) is 17.6 Å². The zero-order valence-corrected chi connectivity index (χ0v) is 16.5. The molecule has 4 rings (SSSR count). The van der Waals surface area contributed by atoms with Gasteiger partial charge < -0.3 is 4.98 Å². The van der Waals surface area contributed by atoms with E-state index >= 15 is 0 Å². The van der Waals surface area contributed by atoms with Crippen LogP contribution in [0.2, 0.25) is 0 Å². The number of rotatable bonds is 9. The number of aromatic amines is 1.